The highest BCUT2D eigenvalue weighted by molar-refractivity contribution is 4.79. The minimum Gasteiger partial charge on any atom is -0.328 e. The maximum atomic E-state index is 11.7. The molecule has 4 nitrogen and oxygen atoms in total. The van der Waals surface area contributed by atoms with Gasteiger partial charge in [-0.2, -0.15) is 0 Å². The molecule has 0 unspecified atom stereocenters. The molecular weight excluding hydrogens is 286 g/mol. The third kappa shape index (κ3) is 8.98. The number of nitrogens with two attached hydrogens (primary N) is 2. The first-order chi connectivity index (χ1) is 10.7. The second-order valence-electron chi connectivity index (χ2n) is 6.51. The molecule has 0 aromatic heterocycles. The summed E-state index contributed by atoms with van der Waals surface area (Å²) in [5.41, 5.74) is 11.4. The molecule has 0 saturated heterocycles. The van der Waals surface area contributed by atoms with Gasteiger partial charge in [0.1, 0.15) is 13.3 Å². The van der Waals surface area contributed by atoms with Crippen molar-refractivity contribution in [1.29, 1.82) is 0 Å². The lowest BCUT2D eigenvalue weighted by atomic mass is 9.92. The Hall–Kier alpha value is -0.300. The molecule has 0 amide bonds. The summed E-state index contributed by atoms with van der Waals surface area (Å²) in [6, 6.07) is 1.81. The van der Waals surface area contributed by atoms with Crippen LogP contribution in [0.15, 0.2) is 0 Å². The lowest BCUT2D eigenvalue weighted by molar-refractivity contribution is 0.330. The van der Waals surface area contributed by atoms with Crippen LogP contribution in [0.2, 0.25) is 0 Å². The van der Waals surface area contributed by atoms with E-state index < -0.39 is 0 Å². The predicted octanol–water partition coefficient (Wildman–Crippen LogP) is 1.63. The molecule has 0 spiro atoms. The van der Waals surface area contributed by atoms with Gasteiger partial charge in [-0.25, -0.2) is 8.78 Å². The first-order valence-corrected chi connectivity index (χ1v) is 8.75. The van der Waals surface area contributed by atoms with Gasteiger partial charge in [0.15, 0.2) is 0 Å². The Morgan fingerprint density at radius 3 is 1.23 bits per heavy atom. The summed E-state index contributed by atoms with van der Waals surface area (Å²) in [5, 5.41) is 6.32. The Balaban J connectivity index is 0.000000220. The topological polar surface area (TPSA) is 76.1 Å². The fraction of sp³-hybridized carbons (Fsp3) is 1.00. The molecule has 2 fully saturated rings. The van der Waals surface area contributed by atoms with E-state index in [9.17, 15) is 8.78 Å². The lowest BCUT2D eigenvalue weighted by Crippen LogP contribution is -2.38. The SMILES string of the molecule is NC1CCC(NCCF)CC1.NC1CCC(NCCF)CC1. The molecule has 0 radical (unpaired) electrons. The van der Waals surface area contributed by atoms with Crippen LogP contribution >= 0.6 is 0 Å². The van der Waals surface area contributed by atoms with E-state index in [4.69, 9.17) is 11.5 Å². The Bertz CT molecular complexity index is 221. The van der Waals surface area contributed by atoms with Crippen LogP contribution in [0.1, 0.15) is 51.4 Å². The Morgan fingerprint density at radius 2 is 0.955 bits per heavy atom. The summed E-state index contributed by atoms with van der Waals surface area (Å²) in [6.07, 6.45) is 8.80. The molecular formula is C16H34F2N4. The van der Waals surface area contributed by atoms with E-state index in [1.807, 2.05) is 0 Å². The smallest absolute Gasteiger partial charge is 0.102 e. The van der Waals surface area contributed by atoms with E-state index in [2.05, 4.69) is 10.6 Å². The Kier molecular flexibility index (Phi) is 10.9. The number of alkyl halides is 2. The highest BCUT2D eigenvalue weighted by Crippen LogP contribution is 2.17. The van der Waals surface area contributed by atoms with Gasteiger partial charge >= 0.3 is 0 Å². The van der Waals surface area contributed by atoms with Crippen LogP contribution in [0.4, 0.5) is 8.78 Å². The van der Waals surface area contributed by atoms with E-state index in [0.29, 0.717) is 37.3 Å². The molecule has 2 aliphatic carbocycles. The van der Waals surface area contributed by atoms with Gasteiger partial charge < -0.3 is 22.1 Å². The van der Waals surface area contributed by atoms with Crippen molar-refractivity contribution < 1.29 is 8.78 Å². The average molecular weight is 320 g/mol. The minimum atomic E-state index is -0.261. The van der Waals surface area contributed by atoms with Crippen molar-refractivity contribution in [3.63, 3.8) is 0 Å². The van der Waals surface area contributed by atoms with Gasteiger partial charge in [0, 0.05) is 37.3 Å². The quantitative estimate of drug-likeness (QED) is 0.600. The van der Waals surface area contributed by atoms with Crippen molar-refractivity contribution >= 4 is 0 Å². The second-order valence-corrected chi connectivity index (χ2v) is 6.51. The van der Waals surface area contributed by atoms with E-state index in [1.54, 1.807) is 0 Å². The fourth-order valence-electron chi connectivity index (χ4n) is 3.16. The van der Waals surface area contributed by atoms with Crippen molar-refractivity contribution in [1.82, 2.24) is 10.6 Å². The molecule has 0 bridgehead atoms. The van der Waals surface area contributed by atoms with Crippen molar-refractivity contribution in [2.75, 3.05) is 26.4 Å². The average Bonchev–Trinajstić information content (AvgIpc) is 2.54. The number of halogens is 2. The molecule has 2 aliphatic rings. The van der Waals surface area contributed by atoms with Crippen LogP contribution in [0.5, 0.6) is 0 Å². The molecule has 0 aromatic rings. The van der Waals surface area contributed by atoms with Gasteiger partial charge in [-0.3, -0.25) is 0 Å². The van der Waals surface area contributed by atoms with E-state index in [0.717, 1.165) is 51.4 Å². The van der Waals surface area contributed by atoms with E-state index in [1.165, 1.54) is 0 Å². The number of hydrogen-bond acceptors (Lipinski definition) is 4. The van der Waals surface area contributed by atoms with Crippen LogP contribution in [0.3, 0.4) is 0 Å². The Morgan fingerprint density at radius 1 is 0.636 bits per heavy atom. The highest BCUT2D eigenvalue weighted by atomic mass is 19.1. The van der Waals surface area contributed by atoms with Crippen LogP contribution < -0.4 is 22.1 Å². The monoisotopic (exact) mass is 320 g/mol. The number of nitrogens with one attached hydrogen (secondary N) is 2. The zero-order valence-electron chi connectivity index (χ0n) is 13.7. The summed E-state index contributed by atoms with van der Waals surface area (Å²) < 4.78 is 23.5. The summed E-state index contributed by atoms with van der Waals surface area (Å²) >= 11 is 0. The molecule has 132 valence electrons. The van der Waals surface area contributed by atoms with Gasteiger partial charge in [0.25, 0.3) is 0 Å². The minimum absolute atomic E-state index is 0.261. The second kappa shape index (κ2) is 12.2. The highest BCUT2D eigenvalue weighted by Gasteiger charge is 2.17. The first kappa shape index (κ1) is 19.7. The summed E-state index contributed by atoms with van der Waals surface area (Å²) in [4.78, 5) is 0. The third-order valence-corrected chi connectivity index (χ3v) is 4.60. The maximum Gasteiger partial charge on any atom is 0.102 e. The molecule has 0 heterocycles. The van der Waals surface area contributed by atoms with Crippen molar-refractivity contribution in [2.45, 2.75) is 75.5 Å². The largest absolute Gasteiger partial charge is 0.328 e. The van der Waals surface area contributed by atoms with E-state index in [-0.39, 0.29) is 13.3 Å². The third-order valence-electron chi connectivity index (χ3n) is 4.60. The van der Waals surface area contributed by atoms with Crippen LogP contribution in [0, 0.1) is 0 Å². The fourth-order valence-corrected chi connectivity index (χ4v) is 3.16. The molecule has 2 saturated carbocycles. The van der Waals surface area contributed by atoms with Gasteiger partial charge in [-0.1, -0.05) is 0 Å². The van der Waals surface area contributed by atoms with E-state index >= 15 is 0 Å². The number of rotatable bonds is 6. The summed E-state index contributed by atoms with van der Waals surface area (Å²) in [5.74, 6) is 0. The van der Waals surface area contributed by atoms with Crippen LogP contribution in [0.25, 0.3) is 0 Å². The first-order valence-electron chi connectivity index (χ1n) is 8.75. The van der Waals surface area contributed by atoms with Gasteiger partial charge in [-0.15, -0.1) is 0 Å². The Labute approximate surface area is 133 Å². The number of hydrogen-bond donors (Lipinski definition) is 4. The van der Waals surface area contributed by atoms with Crippen LogP contribution in [-0.4, -0.2) is 50.6 Å². The molecule has 6 N–H and O–H groups in total. The summed E-state index contributed by atoms with van der Waals surface area (Å²) in [6.45, 7) is 0.477. The zero-order valence-corrected chi connectivity index (χ0v) is 13.7. The van der Waals surface area contributed by atoms with Crippen molar-refractivity contribution in [2.24, 2.45) is 11.5 Å². The molecule has 0 aliphatic heterocycles. The van der Waals surface area contributed by atoms with Crippen molar-refractivity contribution in [3.8, 4) is 0 Å². The molecule has 2 rings (SSSR count). The van der Waals surface area contributed by atoms with Gasteiger partial charge in [0.2, 0.25) is 0 Å². The predicted molar refractivity (Wildman–Crippen MR) is 88.4 cm³/mol. The van der Waals surface area contributed by atoms with Crippen molar-refractivity contribution in [3.05, 3.63) is 0 Å². The molecule has 22 heavy (non-hydrogen) atoms. The molecule has 6 heteroatoms. The van der Waals surface area contributed by atoms with Gasteiger partial charge in [0.05, 0.1) is 0 Å². The normalized spacial score (nSPS) is 32.2. The van der Waals surface area contributed by atoms with Crippen LogP contribution in [-0.2, 0) is 0 Å². The molecule has 0 atom stereocenters. The zero-order chi connectivity index (χ0) is 16.2. The maximum absolute atomic E-state index is 11.7. The van der Waals surface area contributed by atoms with Gasteiger partial charge in [-0.05, 0) is 51.4 Å². The lowest BCUT2D eigenvalue weighted by Gasteiger charge is -2.26. The molecule has 0 aromatic carbocycles. The summed E-state index contributed by atoms with van der Waals surface area (Å²) in [7, 11) is 0. The standard InChI is InChI=1S/2C8H17FN2/c2*9-5-6-11-8-3-1-7(10)2-4-8/h2*7-8,11H,1-6,10H2.